The number of benzene rings is 3. The predicted molar refractivity (Wildman–Crippen MR) is 137 cm³/mol. The third-order valence-corrected chi connectivity index (χ3v) is 6.31. The SMILES string of the molecule is COc1cccc(F)c1-c1ccc2c(c1)CNCCCCCCCN2C(=O)COc1ccccc1. The second-order valence-corrected chi connectivity index (χ2v) is 8.75. The minimum Gasteiger partial charge on any atom is -0.496 e. The van der Waals surface area contributed by atoms with Crippen LogP contribution >= 0.6 is 0 Å². The number of hydrogen-bond acceptors (Lipinski definition) is 4. The van der Waals surface area contributed by atoms with E-state index < -0.39 is 0 Å². The first-order chi connectivity index (χ1) is 17.2. The Hall–Kier alpha value is -3.38. The maximum atomic E-state index is 14.8. The fourth-order valence-electron chi connectivity index (χ4n) is 4.49. The van der Waals surface area contributed by atoms with E-state index in [1.54, 1.807) is 19.2 Å². The number of fused-ring (bicyclic) bond motifs is 1. The smallest absolute Gasteiger partial charge is 0.264 e. The summed E-state index contributed by atoms with van der Waals surface area (Å²) in [5.74, 6) is 0.715. The van der Waals surface area contributed by atoms with Crippen LogP contribution in [0, 0.1) is 5.82 Å². The van der Waals surface area contributed by atoms with Crippen LogP contribution in [0.2, 0.25) is 0 Å². The largest absolute Gasteiger partial charge is 0.496 e. The standard InChI is InChI=1S/C29H33FN2O3/c1-34-27-14-10-13-25(30)29(27)22-15-16-26-23(19-22)20-31-17-8-3-2-4-9-18-32(26)28(33)21-35-24-11-6-5-7-12-24/h5-7,10-16,19,31H,2-4,8-9,17-18,20-21H2,1H3. The van der Waals surface area contributed by atoms with Gasteiger partial charge in [-0.15, -0.1) is 0 Å². The highest BCUT2D eigenvalue weighted by Gasteiger charge is 2.21. The van der Waals surface area contributed by atoms with Crippen molar-refractivity contribution in [2.24, 2.45) is 0 Å². The lowest BCUT2D eigenvalue weighted by Crippen LogP contribution is -2.37. The number of anilines is 1. The first kappa shape index (κ1) is 24.7. The van der Waals surface area contributed by atoms with Crippen LogP contribution in [0.25, 0.3) is 11.1 Å². The lowest BCUT2D eigenvalue weighted by molar-refractivity contribution is -0.120. The molecule has 5 nitrogen and oxygen atoms in total. The van der Waals surface area contributed by atoms with Gasteiger partial charge in [0, 0.05) is 18.8 Å². The number of ether oxygens (including phenoxy) is 2. The molecule has 0 radical (unpaired) electrons. The van der Waals surface area contributed by atoms with Crippen molar-refractivity contribution in [3.63, 3.8) is 0 Å². The van der Waals surface area contributed by atoms with Gasteiger partial charge in [-0.2, -0.15) is 0 Å². The fraction of sp³-hybridized carbons (Fsp3) is 0.345. The summed E-state index contributed by atoms with van der Waals surface area (Å²) >= 11 is 0. The zero-order valence-corrected chi connectivity index (χ0v) is 20.3. The van der Waals surface area contributed by atoms with Crippen molar-refractivity contribution in [1.29, 1.82) is 0 Å². The third kappa shape index (κ3) is 6.40. The molecule has 0 aromatic heterocycles. The molecule has 1 aliphatic heterocycles. The summed E-state index contributed by atoms with van der Waals surface area (Å²) in [5, 5.41) is 3.50. The maximum Gasteiger partial charge on any atom is 0.264 e. The van der Waals surface area contributed by atoms with Crippen LogP contribution in [-0.4, -0.2) is 32.7 Å². The van der Waals surface area contributed by atoms with Crippen LogP contribution in [-0.2, 0) is 11.3 Å². The van der Waals surface area contributed by atoms with Gasteiger partial charge in [0.1, 0.15) is 17.3 Å². The molecule has 0 aliphatic carbocycles. The summed E-state index contributed by atoms with van der Waals surface area (Å²) in [5.41, 5.74) is 2.93. The summed E-state index contributed by atoms with van der Waals surface area (Å²) in [6, 6.07) is 20.0. The number of carbonyl (C=O) groups is 1. The van der Waals surface area contributed by atoms with Crippen molar-refractivity contribution in [2.45, 2.75) is 38.6 Å². The van der Waals surface area contributed by atoms with Crippen molar-refractivity contribution < 1.29 is 18.7 Å². The Labute approximate surface area is 206 Å². The molecule has 0 saturated carbocycles. The lowest BCUT2D eigenvalue weighted by atomic mass is 9.99. The van der Waals surface area contributed by atoms with Crippen LogP contribution in [0.1, 0.15) is 37.7 Å². The Kier molecular flexibility index (Phi) is 8.74. The van der Waals surface area contributed by atoms with Gasteiger partial charge < -0.3 is 19.7 Å². The summed E-state index contributed by atoms with van der Waals surface area (Å²) in [6.07, 6.45) is 5.43. The molecule has 1 heterocycles. The van der Waals surface area contributed by atoms with E-state index in [0.29, 0.717) is 30.2 Å². The zero-order chi connectivity index (χ0) is 24.5. The van der Waals surface area contributed by atoms with Crippen LogP contribution < -0.4 is 19.7 Å². The number of nitrogens with zero attached hydrogens (tertiary/aromatic N) is 1. The first-order valence-electron chi connectivity index (χ1n) is 12.3. The van der Waals surface area contributed by atoms with Crippen molar-refractivity contribution in [2.75, 3.05) is 31.7 Å². The zero-order valence-electron chi connectivity index (χ0n) is 20.3. The van der Waals surface area contributed by atoms with Crippen LogP contribution in [0.3, 0.4) is 0 Å². The van der Waals surface area contributed by atoms with Gasteiger partial charge in [0.05, 0.1) is 12.7 Å². The van der Waals surface area contributed by atoms with Gasteiger partial charge in [0.2, 0.25) is 0 Å². The third-order valence-electron chi connectivity index (χ3n) is 6.31. The summed E-state index contributed by atoms with van der Waals surface area (Å²) in [4.78, 5) is 15.2. The monoisotopic (exact) mass is 476 g/mol. The summed E-state index contributed by atoms with van der Waals surface area (Å²) in [7, 11) is 1.54. The van der Waals surface area contributed by atoms with Gasteiger partial charge in [-0.05, 0) is 66.9 Å². The molecule has 6 heteroatoms. The molecule has 0 atom stereocenters. The lowest BCUT2D eigenvalue weighted by Gasteiger charge is -2.27. The van der Waals surface area contributed by atoms with Gasteiger partial charge >= 0.3 is 0 Å². The van der Waals surface area contributed by atoms with Crippen molar-refractivity contribution in [3.05, 3.63) is 78.1 Å². The quantitative estimate of drug-likeness (QED) is 0.493. The summed E-state index contributed by atoms with van der Waals surface area (Å²) in [6.45, 7) is 2.06. The van der Waals surface area contributed by atoms with Crippen LogP contribution in [0.4, 0.5) is 10.1 Å². The fourth-order valence-corrected chi connectivity index (χ4v) is 4.49. The molecule has 1 aliphatic rings. The molecule has 0 unspecified atom stereocenters. The Balaban J connectivity index is 1.67. The Bertz CT molecular complexity index is 1120. The van der Waals surface area contributed by atoms with Gasteiger partial charge in [-0.25, -0.2) is 4.39 Å². The highest BCUT2D eigenvalue weighted by molar-refractivity contribution is 5.95. The van der Waals surface area contributed by atoms with E-state index in [2.05, 4.69) is 5.32 Å². The normalized spacial score (nSPS) is 14.9. The molecule has 4 rings (SSSR count). The second-order valence-electron chi connectivity index (χ2n) is 8.75. The predicted octanol–water partition coefficient (Wildman–Crippen LogP) is 5.97. The molecule has 0 bridgehead atoms. The van der Waals surface area contributed by atoms with Gasteiger partial charge in [-0.1, -0.05) is 49.6 Å². The molecule has 1 amide bonds. The van der Waals surface area contributed by atoms with Crippen LogP contribution in [0.5, 0.6) is 11.5 Å². The Morgan fingerprint density at radius 2 is 1.77 bits per heavy atom. The average Bonchev–Trinajstić information content (AvgIpc) is 2.88. The number of methoxy groups -OCH3 is 1. The van der Waals surface area contributed by atoms with Crippen LogP contribution in [0.15, 0.2) is 66.7 Å². The maximum absolute atomic E-state index is 14.8. The van der Waals surface area contributed by atoms with E-state index in [0.717, 1.165) is 55.5 Å². The van der Waals surface area contributed by atoms with E-state index in [1.807, 2.05) is 53.4 Å². The molecule has 35 heavy (non-hydrogen) atoms. The summed E-state index contributed by atoms with van der Waals surface area (Å²) < 4.78 is 26.0. The first-order valence-corrected chi connectivity index (χ1v) is 12.3. The Morgan fingerprint density at radius 1 is 0.971 bits per heavy atom. The van der Waals surface area contributed by atoms with Gasteiger partial charge in [-0.3, -0.25) is 4.79 Å². The van der Waals surface area contributed by atoms with E-state index in [4.69, 9.17) is 9.47 Å². The van der Waals surface area contributed by atoms with Gasteiger partial charge in [0.25, 0.3) is 5.91 Å². The molecule has 3 aromatic rings. The van der Waals surface area contributed by atoms with E-state index in [1.165, 1.54) is 6.07 Å². The highest BCUT2D eigenvalue weighted by Crippen LogP contribution is 2.35. The number of nitrogens with one attached hydrogen (secondary N) is 1. The number of amides is 1. The van der Waals surface area contributed by atoms with E-state index in [9.17, 15) is 9.18 Å². The molecule has 0 fully saturated rings. The molecular formula is C29H33FN2O3. The van der Waals surface area contributed by atoms with Crippen molar-refractivity contribution in [3.8, 4) is 22.6 Å². The Morgan fingerprint density at radius 3 is 2.60 bits per heavy atom. The van der Waals surface area contributed by atoms with Gasteiger partial charge in [0.15, 0.2) is 6.61 Å². The molecule has 0 saturated heterocycles. The highest BCUT2D eigenvalue weighted by atomic mass is 19.1. The topological polar surface area (TPSA) is 50.8 Å². The van der Waals surface area contributed by atoms with E-state index >= 15 is 0 Å². The van der Waals surface area contributed by atoms with Crippen molar-refractivity contribution >= 4 is 11.6 Å². The minimum absolute atomic E-state index is 0.0419. The molecule has 3 aromatic carbocycles. The number of hydrogen-bond donors (Lipinski definition) is 1. The number of para-hydroxylation sites is 1. The van der Waals surface area contributed by atoms with E-state index in [-0.39, 0.29) is 18.3 Å². The molecule has 0 spiro atoms. The molecule has 184 valence electrons. The minimum atomic E-state index is -0.338. The number of rotatable bonds is 5. The second kappa shape index (κ2) is 12.4. The number of halogens is 1. The molecule has 1 N–H and O–H groups in total. The van der Waals surface area contributed by atoms with Crippen molar-refractivity contribution in [1.82, 2.24) is 5.32 Å². The number of carbonyl (C=O) groups excluding carboxylic acids is 1. The molecular weight excluding hydrogens is 443 g/mol. The average molecular weight is 477 g/mol.